The number of phenolic OH excluding ortho intramolecular Hbond substituents is 1. The maximum absolute atomic E-state index is 12.5. The molecule has 0 radical (unpaired) electrons. The first-order valence-corrected chi connectivity index (χ1v) is 7.70. The van der Waals surface area contributed by atoms with Crippen molar-refractivity contribution in [3.63, 3.8) is 0 Å². The van der Waals surface area contributed by atoms with Crippen molar-refractivity contribution in [2.75, 3.05) is 4.72 Å². The Morgan fingerprint density at radius 1 is 1.00 bits per heavy atom. The van der Waals surface area contributed by atoms with Crippen LogP contribution in [0.3, 0.4) is 0 Å². The van der Waals surface area contributed by atoms with E-state index >= 15 is 0 Å². The van der Waals surface area contributed by atoms with E-state index in [0.717, 1.165) is 5.39 Å². The standard InChI is InChI=1S/C15H12N2O3S/c18-14-6-2-1-5-13(14)17-21(19,20)15-7-3-4-11-10-16-9-8-12(11)15/h1-10,17-18H. The summed E-state index contributed by atoms with van der Waals surface area (Å²) in [5.41, 5.74) is 0.142. The van der Waals surface area contributed by atoms with Crippen molar-refractivity contribution >= 4 is 26.5 Å². The monoisotopic (exact) mass is 300 g/mol. The Bertz CT molecular complexity index is 902. The van der Waals surface area contributed by atoms with Crippen molar-refractivity contribution in [3.8, 4) is 5.75 Å². The molecular formula is C15H12N2O3S. The number of hydrogen-bond donors (Lipinski definition) is 2. The molecule has 0 fully saturated rings. The van der Waals surface area contributed by atoms with Crippen molar-refractivity contribution < 1.29 is 13.5 Å². The fourth-order valence-electron chi connectivity index (χ4n) is 2.09. The van der Waals surface area contributed by atoms with Crippen LogP contribution in [0.5, 0.6) is 5.75 Å². The minimum atomic E-state index is -3.80. The topological polar surface area (TPSA) is 79.3 Å². The van der Waals surface area contributed by atoms with Crippen molar-refractivity contribution in [2.24, 2.45) is 0 Å². The fourth-order valence-corrected chi connectivity index (χ4v) is 3.39. The fraction of sp³-hybridized carbons (Fsp3) is 0. The van der Waals surface area contributed by atoms with Crippen LogP contribution in [0, 0.1) is 0 Å². The van der Waals surface area contributed by atoms with E-state index in [9.17, 15) is 13.5 Å². The quantitative estimate of drug-likeness (QED) is 0.729. The van der Waals surface area contributed by atoms with Crippen LogP contribution in [-0.2, 0) is 10.0 Å². The Hall–Kier alpha value is -2.60. The minimum absolute atomic E-state index is 0.122. The normalized spacial score (nSPS) is 11.4. The summed E-state index contributed by atoms with van der Waals surface area (Å²) in [6, 6.07) is 12.8. The van der Waals surface area contributed by atoms with Crippen LogP contribution in [0.1, 0.15) is 0 Å². The number of aromatic nitrogens is 1. The van der Waals surface area contributed by atoms with Crippen LogP contribution >= 0.6 is 0 Å². The van der Waals surface area contributed by atoms with Crippen LogP contribution in [0.25, 0.3) is 10.8 Å². The molecule has 0 spiro atoms. The van der Waals surface area contributed by atoms with Crippen molar-refractivity contribution in [1.82, 2.24) is 4.98 Å². The zero-order valence-corrected chi connectivity index (χ0v) is 11.7. The number of benzene rings is 2. The van der Waals surface area contributed by atoms with E-state index in [1.54, 1.807) is 42.7 Å². The smallest absolute Gasteiger partial charge is 0.262 e. The predicted molar refractivity (Wildman–Crippen MR) is 80.7 cm³/mol. The molecule has 0 saturated carbocycles. The molecular weight excluding hydrogens is 288 g/mol. The van der Waals surface area contributed by atoms with E-state index in [-0.39, 0.29) is 16.3 Å². The van der Waals surface area contributed by atoms with Gasteiger partial charge in [-0.3, -0.25) is 9.71 Å². The highest BCUT2D eigenvalue weighted by molar-refractivity contribution is 7.93. The van der Waals surface area contributed by atoms with E-state index in [0.29, 0.717) is 5.39 Å². The number of rotatable bonds is 3. The first-order valence-electron chi connectivity index (χ1n) is 6.21. The van der Waals surface area contributed by atoms with E-state index in [2.05, 4.69) is 9.71 Å². The van der Waals surface area contributed by atoms with Crippen LogP contribution < -0.4 is 4.72 Å². The van der Waals surface area contributed by atoms with E-state index in [1.165, 1.54) is 18.2 Å². The molecule has 0 unspecified atom stereocenters. The van der Waals surface area contributed by atoms with Gasteiger partial charge in [0.2, 0.25) is 0 Å². The number of anilines is 1. The molecule has 3 rings (SSSR count). The number of aromatic hydroxyl groups is 1. The van der Waals surface area contributed by atoms with Gasteiger partial charge in [-0.15, -0.1) is 0 Å². The number of nitrogens with zero attached hydrogens (tertiary/aromatic N) is 1. The molecule has 5 nitrogen and oxygen atoms in total. The van der Waals surface area contributed by atoms with Crippen LogP contribution in [0.2, 0.25) is 0 Å². The number of nitrogens with one attached hydrogen (secondary N) is 1. The maximum atomic E-state index is 12.5. The molecule has 0 atom stereocenters. The number of sulfonamides is 1. The molecule has 1 aromatic heterocycles. The van der Waals surface area contributed by atoms with Crippen LogP contribution in [-0.4, -0.2) is 18.5 Å². The molecule has 0 amide bonds. The summed E-state index contributed by atoms with van der Waals surface area (Å²) in [6.45, 7) is 0. The van der Waals surface area contributed by atoms with Crippen molar-refractivity contribution in [3.05, 3.63) is 60.9 Å². The molecule has 0 aliphatic rings. The highest BCUT2D eigenvalue weighted by Crippen LogP contribution is 2.28. The van der Waals surface area contributed by atoms with Crippen molar-refractivity contribution in [2.45, 2.75) is 4.90 Å². The summed E-state index contributed by atoms with van der Waals surface area (Å²) < 4.78 is 27.4. The Labute approximate surface area is 121 Å². The maximum Gasteiger partial charge on any atom is 0.262 e. The van der Waals surface area contributed by atoms with Crippen molar-refractivity contribution in [1.29, 1.82) is 0 Å². The molecule has 6 heteroatoms. The van der Waals surface area contributed by atoms with Gasteiger partial charge in [-0.2, -0.15) is 0 Å². The highest BCUT2D eigenvalue weighted by Gasteiger charge is 2.18. The molecule has 21 heavy (non-hydrogen) atoms. The lowest BCUT2D eigenvalue weighted by atomic mass is 10.2. The summed E-state index contributed by atoms with van der Waals surface area (Å²) in [7, 11) is -3.80. The number of fused-ring (bicyclic) bond motifs is 1. The lowest BCUT2D eigenvalue weighted by molar-refractivity contribution is 0.477. The van der Waals surface area contributed by atoms with E-state index < -0.39 is 10.0 Å². The van der Waals surface area contributed by atoms with Crippen LogP contribution in [0.15, 0.2) is 65.8 Å². The lowest BCUT2D eigenvalue weighted by Gasteiger charge is -2.11. The number of hydrogen-bond acceptors (Lipinski definition) is 4. The molecule has 2 N–H and O–H groups in total. The summed E-state index contributed by atoms with van der Waals surface area (Å²) in [5, 5.41) is 11.0. The van der Waals surface area contributed by atoms with Gasteiger partial charge in [0.25, 0.3) is 10.0 Å². The number of para-hydroxylation sites is 2. The van der Waals surface area contributed by atoms with Gasteiger partial charge in [0.05, 0.1) is 10.6 Å². The minimum Gasteiger partial charge on any atom is -0.506 e. The molecule has 0 bridgehead atoms. The summed E-state index contributed by atoms with van der Waals surface area (Å²) in [5.74, 6) is -0.122. The summed E-state index contributed by atoms with van der Waals surface area (Å²) in [4.78, 5) is 4.12. The third kappa shape index (κ3) is 2.53. The van der Waals surface area contributed by atoms with E-state index in [4.69, 9.17) is 0 Å². The van der Waals surface area contributed by atoms with Gasteiger partial charge in [-0.25, -0.2) is 8.42 Å². The molecule has 0 aliphatic carbocycles. The number of phenols is 1. The number of pyridine rings is 1. The first kappa shape index (κ1) is 13.4. The van der Waals surface area contributed by atoms with Gasteiger partial charge >= 0.3 is 0 Å². The average Bonchev–Trinajstić information content (AvgIpc) is 2.49. The van der Waals surface area contributed by atoms with Gasteiger partial charge in [-0.05, 0) is 24.3 Å². The predicted octanol–water partition coefficient (Wildman–Crippen LogP) is 2.74. The SMILES string of the molecule is O=S(=O)(Nc1ccccc1O)c1cccc2cnccc12. The molecule has 106 valence electrons. The second-order valence-electron chi connectivity index (χ2n) is 4.48. The summed E-state index contributed by atoms with van der Waals surface area (Å²) >= 11 is 0. The van der Waals surface area contributed by atoms with E-state index in [1.807, 2.05) is 0 Å². The van der Waals surface area contributed by atoms with Gasteiger partial charge in [0.15, 0.2) is 0 Å². The molecule has 2 aromatic carbocycles. The third-order valence-electron chi connectivity index (χ3n) is 3.08. The Morgan fingerprint density at radius 3 is 2.62 bits per heavy atom. The molecule has 0 aliphatic heterocycles. The first-order chi connectivity index (χ1) is 10.1. The molecule has 0 saturated heterocycles. The lowest BCUT2D eigenvalue weighted by Crippen LogP contribution is -2.13. The Morgan fingerprint density at radius 2 is 1.81 bits per heavy atom. The second kappa shape index (κ2) is 5.06. The zero-order chi connectivity index (χ0) is 14.9. The van der Waals surface area contributed by atoms with Gasteiger partial charge in [0, 0.05) is 23.2 Å². The van der Waals surface area contributed by atoms with Crippen LogP contribution in [0.4, 0.5) is 5.69 Å². The van der Waals surface area contributed by atoms with Gasteiger partial charge in [0.1, 0.15) is 5.75 Å². The van der Waals surface area contributed by atoms with Gasteiger partial charge in [-0.1, -0.05) is 24.3 Å². The molecule has 3 aromatic rings. The average molecular weight is 300 g/mol. The Kier molecular flexibility index (Phi) is 3.23. The molecule has 1 heterocycles. The zero-order valence-electron chi connectivity index (χ0n) is 10.9. The second-order valence-corrected chi connectivity index (χ2v) is 6.13. The largest absolute Gasteiger partial charge is 0.506 e. The highest BCUT2D eigenvalue weighted by atomic mass is 32.2. The van der Waals surface area contributed by atoms with Gasteiger partial charge < -0.3 is 5.11 Å². The third-order valence-corrected chi connectivity index (χ3v) is 4.50. The Balaban J connectivity index is 2.11. The summed E-state index contributed by atoms with van der Waals surface area (Å²) in [6.07, 6.45) is 3.15.